The Balaban J connectivity index is 2.91. The Kier molecular flexibility index (Phi) is 5.74. The van der Waals surface area contributed by atoms with Crippen molar-refractivity contribution in [3.63, 3.8) is 0 Å². The topological polar surface area (TPSA) is 92.7 Å². The van der Waals surface area contributed by atoms with Crippen LogP contribution < -0.4 is 9.46 Å². The van der Waals surface area contributed by atoms with Crippen molar-refractivity contribution >= 4 is 16.0 Å². The van der Waals surface area contributed by atoms with Gasteiger partial charge < -0.3 is 9.84 Å². The van der Waals surface area contributed by atoms with Crippen LogP contribution in [-0.2, 0) is 14.8 Å². The number of sulfonamides is 1. The van der Waals surface area contributed by atoms with E-state index in [1.54, 1.807) is 26.0 Å². The number of hydrogen-bond donors (Lipinski definition) is 2. The van der Waals surface area contributed by atoms with Gasteiger partial charge in [-0.3, -0.25) is 4.79 Å². The normalized spacial score (nSPS) is 12.1. The predicted molar refractivity (Wildman–Crippen MR) is 78.8 cm³/mol. The van der Waals surface area contributed by atoms with Gasteiger partial charge in [-0.05, 0) is 37.1 Å². The van der Waals surface area contributed by atoms with Crippen LogP contribution in [0, 0.1) is 5.41 Å². The van der Waals surface area contributed by atoms with Crippen molar-refractivity contribution in [2.75, 3.05) is 13.7 Å². The first-order valence-corrected chi connectivity index (χ1v) is 8.16. The molecule has 0 heterocycles. The fraction of sp³-hybridized carbons (Fsp3) is 0.500. The number of rotatable bonds is 8. The van der Waals surface area contributed by atoms with E-state index in [1.807, 2.05) is 0 Å². The lowest BCUT2D eigenvalue weighted by atomic mass is 9.83. The van der Waals surface area contributed by atoms with Gasteiger partial charge >= 0.3 is 5.97 Å². The van der Waals surface area contributed by atoms with Gasteiger partial charge in [0.1, 0.15) is 5.75 Å². The van der Waals surface area contributed by atoms with E-state index in [0.717, 1.165) is 0 Å². The van der Waals surface area contributed by atoms with Crippen molar-refractivity contribution in [1.29, 1.82) is 0 Å². The minimum atomic E-state index is -3.74. The van der Waals surface area contributed by atoms with E-state index in [-0.39, 0.29) is 11.4 Å². The van der Waals surface area contributed by atoms with E-state index in [4.69, 9.17) is 4.74 Å². The lowest BCUT2D eigenvalue weighted by Gasteiger charge is -2.26. The van der Waals surface area contributed by atoms with Crippen LogP contribution >= 0.6 is 0 Å². The van der Waals surface area contributed by atoms with Gasteiger partial charge in [0.25, 0.3) is 0 Å². The van der Waals surface area contributed by atoms with Crippen LogP contribution in [0.3, 0.4) is 0 Å². The van der Waals surface area contributed by atoms with E-state index < -0.39 is 21.4 Å². The van der Waals surface area contributed by atoms with Crippen molar-refractivity contribution in [3.05, 3.63) is 24.3 Å². The molecule has 2 N–H and O–H groups in total. The second kappa shape index (κ2) is 6.91. The standard InChI is InChI=1S/C14H21NO5S/c1-4-14(5-2,13(16)17)10-15-21(18,19)12-8-6-11(20-3)7-9-12/h6-9,15H,4-5,10H2,1-3H3,(H,16,17). The van der Waals surface area contributed by atoms with Crippen LogP contribution in [0.1, 0.15) is 26.7 Å². The Morgan fingerprint density at radius 1 is 1.24 bits per heavy atom. The van der Waals surface area contributed by atoms with Crippen LogP contribution in [0.15, 0.2) is 29.2 Å². The fourth-order valence-corrected chi connectivity index (χ4v) is 3.08. The van der Waals surface area contributed by atoms with Crippen LogP contribution in [-0.4, -0.2) is 33.1 Å². The van der Waals surface area contributed by atoms with E-state index in [2.05, 4.69) is 4.72 Å². The average molecular weight is 315 g/mol. The summed E-state index contributed by atoms with van der Waals surface area (Å²) in [4.78, 5) is 11.4. The number of ether oxygens (including phenoxy) is 1. The summed E-state index contributed by atoms with van der Waals surface area (Å²) in [6.07, 6.45) is 0.702. The first-order valence-electron chi connectivity index (χ1n) is 6.68. The van der Waals surface area contributed by atoms with Gasteiger partial charge in [0.15, 0.2) is 0 Å². The highest BCUT2D eigenvalue weighted by molar-refractivity contribution is 7.89. The second-order valence-electron chi connectivity index (χ2n) is 4.79. The molecule has 6 nitrogen and oxygen atoms in total. The molecule has 0 radical (unpaired) electrons. The highest BCUT2D eigenvalue weighted by atomic mass is 32.2. The second-order valence-corrected chi connectivity index (χ2v) is 6.56. The monoisotopic (exact) mass is 315 g/mol. The molecule has 0 saturated carbocycles. The third kappa shape index (κ3) is 3.95. The smallest absolute Gasteiger partial charge is 0.310 e. The van der Waals surface area contributed by atoms with Gasteiger partial charge in [-0.2, -0.15) is 0 Å². The first kappa shape index (κ1) is 17.5. The van der Waals surface area contributed by atoms with Gasteiger partial charge in [-0.25, -0.2) is 13.1 Å². The number of nitrogens with one attached hydrogen (secondary N) is 1. The van der Waals surface area contributed by atoms with Gasteiger partial charge in [0, 0.05) is 6.54 Å². The van der Waals surface area contributed by atoms with Crippen LogP contribution in [0.4, 0.5) is 0 Å². The highest BCUT2D eigenvalue weighted by Gasteiger charge is 2.36. The minimum Gasteiger partial charge on any atom is -0.497 e. The molecule has 21 heavy (non-hydrogen) atoms. The van der Waals surface area contributed by atoms with Gasteiger partial charge in [0.05, 0.1) is 17.4 Å². The lowest BCUT2D eigenvalue weighted by molar-refractivity contribution is -0.149. The van der Waals surface area contributed by atoms with Crippen molar-refractivity contribution in [1.82, 2.24) is 4.72 Å². The molecule has 0 aliphatic carbocycles. The van der Waals surface area contributed by atoms with Gasteiger partial charge in [0.2, 0.25) is 10.0 Å². The number of methoxy groups -OCH3 is 1. The molecule has 7 heteroatoms. The van der Waals surface area contributed by atoms with Crippen LogP contribution in [0.5, 0.6) is 5.75 Å². The Morgan fingerprint density at radius 3 is 2.14 bits per heavy atom. The molecule has 1 aromatic rings. The molecule has 0 aliphatic heterocycles. The molecule has 0 aromatic heterocycles. The zero-order valence-corrected chi connectivity index (χ0v) is 13.2. The maximum absolute atomic E-state index is 12.2. The molecule has 0 aliphatic rings. The number of aliphatic carboxylic acids is 1. The van der Waals surface area contributed by atoms with Crippen LogP contribution in [0.25, 0.3) is 0 Å². The summed E-state index contributed by atoms with van der Waals surface area (Å²) in [6, 6.07) is 5.92. The maximum atomic E-state index is 12.2. The van der Waals surface area contributed by atoms with E-state index >= 15 is 0 Å². The summed E-state index contributed by atoms with van der Waals surface area (Å²) in [5.41, 5.74) is -1.08. The average Bonchev–Trinajstić information content (AvgIpc) is 2.48. The zero-order chi connectivity index (χ0) is 16.1. The van der Waals surface area contributed by atoms with Crippen molar-refractivity contribution in [3.8, 4) is 5.75 Å². The lowest BCUT2D eigenvalue weighted by Crippen LogP contribution is -2.42. The first-order chi connectivity index (χ1) is 9.81. The molecule has 0 atom stereocenters. The van der Waals surface area contributed by atoms with E-state index in [9.17, 15) is 18.3 Å². The molecule has 0 bridgehead atoms. The third-order valence-electron chi connectivity index (χ3n) is 3.78. The van der Waals surface area contributed by atoms with Gasteiger partial charge in [-0.15, -0.1) is 0 Å². The highest BCUT2D eigenvalue weighted by Crippen LogP contribution is 2.26. The quantitative estimate of drug-likeness (QED) is 0.764. The van der Waals surface area contributed by atoms with E-state index in [0.29, 0.717) is 18.6 Å². The molecule has 1 aromatic carbocycles. The Hall–Kier alpha value is -1.60. The number of hydrogen-bond acceptors (Lipinski definition) is 4. The van der Waals surface area contributed by atoms with Crippen molar-refractivity contribution in [2.24, 2.45) is 5.41 Å². The van der Waals surface area contributed by atoms with Crippen molar-refractivity contribution < 1.29 is 23.1 Å². The summed E-state index contributed by atoms with van der Waals surface area (Å²) in [6.45, 7) is 3.34. The fourth-order valence-electron chi connectivity index (χ4n) is 1.95. The summed E-state index contributed by atoms with van der Waals surface area (Å²) >= 11 is 0. The van der Waals surface area contributed by atoms with E-state index in [1.165, 1.54) is 19.2 Å². The molecule has 0 fully saturated rings. The largest absolute Gasteiger partial charge is 0.497 e. The summed E-state index contributed by atoms with van der Waals surface area (Å²) in [5, 5.41) is 9.31. The molecule has 1 rings (SSSR count). The SMILES string of the molecule is CCC(CC)(CNS(=O)(=O)c1ccc(OC)cc1)C(=O)O. The molecule has 0 amide bonds. The molecular formula is C14H21NO5S. The summed E-state index contributed by atoms with van der Waals surface area (Å²) in [7, 11) is -2.25. The van der Waals surface area contributed by atoms with Gasteiger partial charge in [-0.1, -0.05) is 13.8 Å². The Morgan fingerprint density at radius 2 is 1.76 bits per heavy atom. The summed E-state index contributed by atoms with van der Waals surface area (Å²) < 4.78 is 31.7. The predicted octanol–water partition coefficient (Wildman–Crippen LogP) is 1.86. The molecule has 0 spiro atoms. The molecule has 0 unspecified atom stereocenters. The third-order valence-corrected chi connectivity index (χ3v) is 5.19. The number of carbonyl (C=O) groups is 1. The van der Waals surface area contributed by atoms with Crippen molar-refractivity contribution in [2.45, 2.75) is 31.6 Å². The molecule has 118 valence electrons. The number of benzene rings is 1. The maximum Gasteiger partial charge on any atom is 0.310 e. The molecule has 0 saturated heterocycles. The van der Waals surface area contributed by atoms with Crippen LogP contribution in [0.2, 0.25) is 0 Å². The Labute approximate surface area is 125 Å². The number of carboxylic acids is 1. The number of carboxylic acid groups (broad SMARTS) is 1. The molecular weight excluding hydrogens is 294 g/mol. The zero-order valence-electron chi connectivity index (χ0n) is 12.4. The summed E-state index contributed by atoms with van der Waals surface area (Å²) in [5.74, 6) is -0.444. The minimum absolute atomic E-state index is 0.0785. The Bertz CT molecular complexity index is 576.